The van der Waals surface area contributed by atoms with Crippen molar-refractivity contribution in [1.29, 1.82) is 0 Å². The van der Waals surface area contributed by atoms with E-state index >= 15 is 0 Å². The van der Waals surface area contributed by atoms with Crippen molar-refractivity contribution in [3.05, 3.63) is 52.0 Å². The number of fused-ring (bicyclic) bond motifs is 1. The molecule has 0 spiro atoms. The Morgan fingerprint density at radius 2 is 2.17 bits per heavy atom. The minimum Gasteiger partial charge on any atom is -0.497 e. The number of ether oxygens (including phenoxy) is 1. The van der Waals surface area contributed by atoms with E-state index in [1.54, 1.807) is 18.4 Å². The van der Waals surface area contributed by atoms with Crippen LogP contribution in [0.5, 0.6) is 5.75 Å². The molecule has 0 bridgehead atoms. The van der Waals surface area contributed by atoms with Crippen LogP contribution in [0.3, 0.4) is 0 Å². The molecule has 1 unspecified atom stereocenters. The predicted molar refractivity (Wildman–Crippen MR) is 95.7 cm³/mol. The molecule has 1 aromatic heterocycles. The Morgan fingerprint density at radius 3 is 2.96 bits per heavy atom. The average molecular weight is 349 g/mol. The molecule has 4 nitrogen and oxygen atoms in total. The first-order valence-corrected chi connectivity index (χ1v) is 8.39. The van der Waals surface area contributed by atoms with Gasteiger partial charge >= 0.3 is 0 Å². The molecule has 2 N–H and O–H groups in total. The molecule has 0 fully saturated rings. The van der Waals surface area contributed by atoms with E-state index in [2.05, 4.69) is 10.3 Å². The fourth-order valence-electron chi connectivity index (χ4n) is 2.44. The molecule has 2 aromatic carbocycles. The molecule has 3 aromatic rings. The smallest absolute Gasteiger partial charge is 0.128 e. The van der Waals surface area contributed by atoms with E-state index in [4.69, 9.17) is 16.3 Å². The van der Waals surface area contributed by atoms with Gasteiger partial charge in [-0.2, -0.15) is 0 Å². The van der Waals surface area contributed by atoms with Gasteiger partial charge in [0.15, 0.2) is 0 Å². The largest absolute Gasteiger partial charge is 0.497 e. The quantitative estimate of drug-likeness (QED) is 0.677. The number of hydrogen-bond acceptors (Lipinski definition) is 5. The summed E-state index contributed by atoms with van der Waals surface area (Å²) >= 11 is 8.00. The number of nitrogens with zero attached hydrogens (tertiary/aromatic N) is 1. The Kier molecular flexibility index (Phi) is 4.71. The number of aliphatic hydroxyl groups is 1. The summed E-state index contributed by atoms with van der Waals surface area (Å²) in [6.45, 7) is 1.95. The van der Waals surface area contributed by atoms with Gasteiger partial charge in [-0.1, -0.05) is 23.7 Å². The Morgan fingerprint density at radius 1 is 1.35 bits per heavy atom. The number of methoxy groups -OCH3 is 1. The van der Waals surface area contributed by atoms with Gasteiger partial charge in [-0.3, -0.25) is 0 Å². The normalized spacial score (nSPS) is 12.3. The fraction of sp³-hybridized carbons (Fsp3) is 0.235. The predicted octanol–water partition coefficient (Wildman–Crippen LogP) is 4.24. The highest BCUT2D eigenvalue weighted by Crippen LogP contribution is 2.34. The summed E-state index contributed by atoms with van der Waals surface area (Å²) in [6, 6.07) is 11.5. The SMILES string of the molecule is COc1cccc(CC(O)Nc2ccc3sc(C)nc3c2Cl)c1. The summed E-state index contributed by atoms with van der Waals surface area (Å²) < 4.78 is 6.24. The molecule has 1 atom stereocenters. The maximum atomic E-state index is 10.3. The molecule has 0 amide bonds. The van der Waals surface area contributed by atoms with Crippen molar-refractivity contribution in [3.63, 3.8) is 0 Å². The summed E-state index contributed by atoms with van der Waals surface area (Å²) in [7, 11) is 1.62. The number of benzene rings is 2. The number of thiazole rings is 1. The van der Waals surface area contributed by atoms with Crippen LogP contribution in [0.4, 0.5) is 5.69 Å². The highest BCUT2D eigenvalue weighted by Gasteiger charge is 2.13. The molecule has 0 aliphatic carbocycles. The zero-order valence-corrected chi connectivity index (χ0v) is 14.4. The van der Waals surface area contributed by atoms with Crippen molar-refractivity contribution in [2.24, 2.45) is 0 Å². The van der Waals surface area contributed by atoms with Crippen molar-refractivity contribution >= 4 is 38.8 Å². The molecule has 0 aliphatic heterocycles. The van der Waals surface area contributed by atoms with Crippen LogP contribution in [0.2, 0.25) is 5.02 Å². The Labute approximate surface area is 143 Å². The Bertz CT molecular complexity index is 835. The van der Waals surface area contributed by atoms with Crippen LogP contribution in [0.25, 0.3) is 10.2 Å². The topological polar surface area (TPSA) is 54.4 Å². The van der Waals surface area contributed by atoms with Crippen molar-refractivity contribution in [3.8, 4) is 5.75 Å². The van der Waals surface area contributed by atoms with Crippen molar-refractivity contribution < 1.29 is 9.84 Å². The van der Waals surface area contributed by atoms with Gasteiger partial charge in [0, 0.05) is 6.42 Å². The van der Waals surface area contributed by atoms with Gasteiger partial charge in [-0.05, 0) is 36.8 Å². The summed E-state index contributed by atoms with van der Waals surface area (Å²) in [5.41, 5.74) is 2.43. The number of halogens is 1. The molecular weight excluding hydrogens is 332 g/mol. The monoisotopic (exact) mass is 348 g/mol. The lowest BCUT2D eigenvalue weighted by Gasteiger charge is -2.16. The standard InChI is InChI=1S/C17H17ClN2O2S/c1-10-19-17-14(23-10)7-6-13(16(17)18)20-15(21)9-11-4-3-5-12(8-11)22-2/h3-8,15,20-21H,9H2,1-2H3. The third-order valence-corrected chi connectivity index (χ3v) is 4.81. The van der Waals surface area contributed by atoms with Crippen LogP contribution in [0.15, 0.2) is 36.4 Å². The van der Waals surface area contributed by atoms with Gasteiger partial charge < -0.3 is 15.2 Å². The zero-order chi connectivity index (χ0) is 16.4. The molecule has 120 valence electrons. The van der Waals surface area contributed by atoms with E-state index in [-0.39, 0.29) is 0 Å². The van der Waals surface area contributed by atoms with E-state index in [0.717, 1.165) is 26.5 Å². The van der Waals surface area contributed by atoms with Crippen molar-refractivity contribution in [2.75, 3.05) is 12.4 Å². The van der Waals surface area contributed by atoms with Crippen molar-refractivity contribution in [2.45, 2.75) is 19.6 Å². The van der Waals surface area contributed by atoms with Crippen LogP contribution in [-0.4, -0.2) is 23.4 Å². The number of aliphatic hydroxyl groups excluding tert-OH is 1. The van der Waals surface area contributed by atoms with Crippen molar-refractivity contribution in [1.82, 2.24) is 4.98 Å². The van der Waals surface area contributed by atoms with Gasteiger partial charge in [0.2, 0.25) is 0 Å². The second kappa shape index (κ2) is 6.74. The van der Waals surface area contributed by atoms with Gasteiger partial charge in [0.25, 0.3) is 0 Å². The number of hydrogen-bond donors (Lipinski definition) is 2. The molecule has 3 rings (SSSR count). The third-order valence-electron chi connectivity index (χ3n) is 3.49. The molecule has 1 heterocycles. The maximum absolute atomic E-state index is 10.3. The minimum atomic E-state index is -0.753. The maximum Gasteiger partial charge on any atom is 0.128 e. The zero-order valence-electron chi connectivity index (χ0n) is 12.8. The number of rotatable bonds is 5. The first-order valence-electron chi connectivity index (χ1n) is 7.20. The van der Waals surface area contributed by atoms with Crippen LogP contribution in [-0.2, 0) is 6.42 Å². The summed E-state index contributed by atoms with van der Waals surface area (Å²) in [5.74, 6) is 0.770. The van der Waals surface area contributed by atoms with E-state index in [0.29, 0.717) is 17.1 Å². The third kappa shape index (κ3) is 3.58. The molecule has 0 aliphatic rings. The van der Waals surface area contributed by atoms with Crippen LogP contribution in [0, 0.1) is 6.92 Å². The Hall–Kier alpha value is -1.82. The number of aryl methyl sites for hydroxylation is 1. The van der Waals surface area contributed by atoms with Gasteiger partial charge in [-0.25, -0.2) is 4.98 Å². The highest BCUT2D eigenvalue weighted by molar-refractivity contribution is 7.18. The Balaban J connectivity index is 1.77. The van der Waals surface area contributed by atoms with Crippen LogP contribution < -0.4 is 10.1 Å². The lowest BCUT2D eigenvalue weighted by atomic mass is 10.1. The van der Waals surface area contributed by atoms with E-state index in [9.17, 15) is 5.11 Å². The van der Waals surface area contributed by atoms with E-state index in [1.807, 2.05) is 43.3 Å². The lowest BCUT2D eigenvalue weighted by molar-refractivity contribution is 0.204. The van der Waals surface area contributed by atoms with E-state index in [1.165, 1.54) is 0 Å². The highest BCUT2D eigenvalue weighted by atomic mass is 35.5. The average Bonchev–Trinajstić information content (AvgIpc) is 2.92. The summed E-state index contributed by atoms with van der Waals surface area (Å²) in [5, 5.41) is 14.8. The summed E-state index contributed by atoms with van der Waals surface area (Å²) in [4.78, 5) is 4.44. The molecule has 0 saturated heterocycles. The second-order valence-electron chi connectivity index (χ2n) is 5.22. The van der Waals surface area contributed by atoms with Crippen LogP contribution in [0.1, 0.15) is 10.6 Å². The first kappa shape index (κ1) is 16.1. The molecule has 23 heavy (non-hydrogen) atoms. The van der Waals surface area contributed by atoms with Gasteiger partial charge in [0.1, 0.15) is 17.5 Å². The van der Waals surface area contributed by atoms with E-state index < -0.39 is 6.23 Å². The fourth-order valence-corrected chi connectivity index (χ4v) is 3.59. The number of aromatic nitrogens is 1. The molecule has 6 heteroatoms. The lowest BCUT2D eigenvalue weighted by Crippen LogP contribution is -2.21. The van der Waals surface area contributed by atoms with Crippen LogP contribution >= 0.6 is 22.9 Å². The first-order chi connectivity index (χ1) is 11.1. The van der Waals surface area contributed by atoms with Gasteiger partial charge in [0.05, 0.1) is 27.5 Å². The second-order valence-corrected chi connectivity index (χ2v) is 6.84. The molecule has 0 radical (unpaired) electrons. The number of nitrogens with one attached hydrogen (secondary N) is 1. The summed E-state index contributed by atoms with van der Waals surface area (Å²) in [6.07, 6.45) is -0.307. The molecular formula is C17H17ClN2O2S. The van der Waals surface area contributed by atoms with Gasteiger partial charge in [-0.15, -0.1) is 11.3 Å². The minimum absolute atomic E-state index is 0.446. The molecule has 0 saturated carbocycles. The number of anilines is 1.